The summed E-state index contributed by atoms with van der Waals surface area (Å²) in [6.45, 7) is 0. The lowest BCUT2D eigenvalue weighted by Crippen LogP contribution is -2.11. The predicted octanol–water partition coefficient (Wildman–Crippen LogP) is 3.80. The second-order valence-corrected chi connectivity index (χ2v) is 4.09. The van der Waals surface area contributed by atoms with Crippen molar-refractivity contribution in [2.45, 2.75) is 19.0 Å². The van der Waals surface area contributed by atoms with Gasteiger partial charge in [0.1, 0.15) is 5.82 Å². The highest BCUT2D eigenvalue weighted by atomic mass is 19.4. The number of benzene rings is 1. The molecule has 1 heterocycles. The number of aromatic nitrogens is 1. The van der Waals surface area contributed by atoms with Gasteiger partial charge in [-0.15, -0.1) is 0 Å². The molecular weight excluding hydrogens is 266 g/mol. The molecule has 0 aliphatic heterocycles. The molecule has 1 N–H and O–H groups in total. The van der Waals surface area contributed by atoms with E-state index in [4.69, 9.17) is 5.11 Å². The summed E-state index contributed by atoms with van der Waals surface area (Å²) >= 11 is 0. The Hall–Kier alpha value is -2.05. The van der Waals surface area contributed by atoms with Gasteiger partial charge in [-0.25, -0.2) is 9.18 Å². The minimum absolute atomic E-state index is 0.0275. The van der Waals surface area contributed by atoms with Crippen molar-refractivity contribution in [2.24, 2.45) is 0 Å². The molecule has 3 nitrogen and oxygen atoms in total. The van der Waals surface area contributed by atoms with E-state index in [9.17, 15) is 22.4 Å². The van der Waals surface area contributed by atoms with Crippen LogP contribution in [0.25, 0.3) is 10.9 Å². The molecule has 1 aromatic carbocycles. The number of carbonyl (C=O) groups is 1. The molecule has 0 spiro atoms. The number of hydrogen-bond acceptors (Lipinski definition) is 1. The minimum atomic E-state index is -4.38. The fraction of sp³-hybridized carbons (Fsp3) is 0.250. The second-order valence-electron chi connectivity index (χ2n) is 4.09. The van der Waals surface area contributed by atoms with Gasteiger partial charge in [-0.3, -0.25) is 4.57 Å². The van der Waals surface area contributed by atoms with Gasteiger partial charge >= 0.3 is 12.3 Å². The van der Waals surface area contributed by atoms with Crippen LogP contribution in [0.4, 0.5) is 22.4 Å². The summed E-state index contributed by atoms with van der Waals surface area (Å²) in [5, 5.41) is 9.20. The summed E-state index contributed by atoms with van der Waals surface area (Å²) in [6.07, 6.45) is -6.11. The number of fused-ring (bicyclic) bond motifs is 1. The summed E-state index contributed by atoms with van der Waals surface area (Å²) in [5.74, 6) is -0.687. The summed E-state index contributed by atoms with van der Waals surface area (Å²) in [5.41, 5.74) is 0.123. The van der Waals surface area contributed by atoms with Gasteiger partial charge in [0, 0.05) is 18.0 Å². The van der Waals surface area contributed by atoms with Crippen molar-refractivity contribution >= 4 is 17.0 Å². The van der Waals surface area contributed by atoms with Crippen LogP contribution in [0, 0.1) is 5.82 Å². The van der Waals surface area contributed by atoms with E-state index in [1.165, 1.54) is 12.3 Å². The topological polar surface area (TPSA) is 42.2 Å². The lowest BCUT2D eigenvalue weighted by atomic mass is 10.1. The number of halogens is 4. The summed E-state index contributed by atoms with van der Waals surface area (Å²) in [7, 11) is 0. The van der Waals surface area contributed by atoms with Crippen LogP contribution in [-0.2, 0) is 6.42 Å². The average molecular weight is 275 g/mol. The Morgan fingerprint density at radius 2 is 2.00 bits per heavy atom. The Morgan fingerprint density at radius 3 is 2.58 bits per heavy atom. The highest BCUT2D eigenvalue weighted by molar-refractivity contribution is 5.91. The first-order chi connectivity index (χ1) is 8.78. The van der Waals surface area contributed by atoms with Gasteiger partial charge in [0.15, 0.2) is 0 Å². The smallest absolute Gasteiger partial charge is 0.416 e. The van der Waals surface area contributed by atoms with Crippen LogP contribution in [0.1, 0.15) is 12.0 Å². The largest absolute Gasteiger partial charge is 0.464 e. The van der Waals surface area contributed by atoms with Gasteiger partial charge in [0.2, 0.25) is 0 Å². The van der Waals surface area contributed by atoms with E-state index < -0.39 is 30.9 Å². The zero-order valence-corrected chi connectivity index (χ0v) is 9.54. The molecule has 0 fully saturated rings. The van der Waals surface area contributed by atoms with Crippen molar-refractivity contribution in [1.29, 1.82) is 0 Å². The first kappa shape index (κ1) is 13.4. The van der Waals surface area contributed by atoms with Crippen LogP contribution in [0.2, 0.25) is 0 Å². The molecule has 2 rings (SSSR count). The summed E-state index contributed by atoms with van der Waals surface area (Å²) < 4.78 is 50.7. The Balaban J connectivity index is 2.51. The predicted molar refractivity (Wildman–Crippen MR) is 59.7 cm³/mol. The van der Waals surface area contributed by atoms with Crippen LogP contribution in [-0.4, -0.2) is 21.9 Å². The molecule has 0 radical (unpaired) electrons. The van der Waals surface area contributed by atoms with E-state index in [0.717, 1.165) is 16.7 Å². The molecule has 0 bridgehead atoms. The molecule has 0 amide bonds. The molecule has 0 saturated carbocycles. The highest BCUT2D eigenvalue weighted by Crippen LogP contribution is 2.27. The van der Waals surface area contributed by atoms with E-state index in [1.807, 2.05) is 0 Å². The quantitative estimate of drug-likeness (QED) is 0.847. The zero-order chi connectivity index (χ0) is 14.2. The van der Waals surface area contributed by atoms with Crippen LogP contribution in [0.5, 0.6) is 0 Å². The van der Waals surface area contributed by atoms with Crippen LogP contribution < -0.4 is 0 Å². The standard InChI is InChI=1S/C12H9F4NO2/c13-9-5-7(1-3-12(14,15)16)10-8(6-9)2-4-17(10)11(18)19/h2,4-6H,1,3H2,(H,18,19). The van der Waals surface area contributed by atoms with Crippen LogP contribution in [0.15, 0.2) is 24.4 Å². The maximum absolute atomic E-state index is 13.3. The van der Waals surface area contributed by atoms with E-state index >= 15 is 0 Å². The van der Waals surface area contributed by atoms with Crippen molar-refractivity contribution in [2.75, 3.05) is 0 Å². The third-order valence-corrected chi connectivity index (χ3v) is 2.71. The number of hydrogen-bond donors (Lipinski definition) is 1. The second kappa shape index (κ2) is 4.56. The van der Waals surface area contributed by atoms with Crippen molar-refractivity contribution in [1.82, 2.24) is 4.57 Å². The first-order valence-corrected chi connectivity index (χ1v) is 5.37. The van der Waals surface area contributed by atoms with Crippen LogP contribution >= 0.6 is 0 Å². The van der Waals surface area contributed by atoms with Gasteiger partial charge in [0.25, 0.3) is 0 Å². The number of nitrogens with zero attached hydrogens (tertiary/aromatic N) is 1. The summed E-state index contributed by atoms with van der Waals surface area (Å²) in [6, 6.07) is 3.38. The number of alkyl halides is 3. The third-order valence-electron chi connectivity index (χ3n) is 2.71. The fourth-order valence-electron chi connectivity index (χ4n) is 1.96. The molecule has 19 heavy (non-hydrogen) atoms. The molecule has 0 unspecified atom stereocenters. The molecule has 7 heteroatoms. The molecule has 0 atom stereocenters. The molecule has 0 aliphatic rings. The van der Waals surface area contributed by atoms with E-state index in [-0.39, 0.29) is 16.5 Å². The summed E-state index contributed by atoms with van der Waals surface area (Å²) in [4.78, 5) is 11.0. The molecule has 0 saturated heterocycles. The first-order valence-electron chi connectivity index (χ1n) is 5.37. The molecule has 1 aromatic heterocycles. The highest BCUT2D eigenvalue weighted by Gasteiger charge is 2.27. The van der Waals surface area contributed by atoms with Gasteiger partial charge in [-0.1, -0.05) is 0 Å². The van der Waals surface area contributed by atoms with Crippen molar-refractivity contribution in [3.8, 4) is 0 Å². The third kappa shape index (κ3) is 2.86. The maximum atomic E-state index is 13.3. The van der Waals surface area contributed by atoms with E-state index in [1.54, 1.807) is 0 Å². The van der Waals surface area contributed by atoms with Crippen molar-refractivity contribution < 1.29 is 27.5 Å². The SMILES string of the molecule is O=C(O)n1ccc2cc(F)cc(CCC(F)(F)F)c21. The maximum Gasteiger partial charge on any atom is 0.416 e. The van der Waals surface area contributed by atoms with Gasteiger partial charge in [0.05, 0.1) is 5.52 Å². The van der Waals surface area contributed by atoms with Gasteiger partial charge < -0.3 is 5.11 Å². The van der Waals surface area contributed by atoms with Crippen LogP contribution in [0.3, 0.4) is 0 Å². The lowest BCUT2D eigenvalue weighted by Gasteiger charge is -2.09. The van der Waals surface area contributed by atoms with Crippen molar-refractivity contribution in [3.05, 3.63) is 35.8 Å². The lowest BCUT2D eigenvalue weighted by molar-refractivity contribution is -0.133. The average Bonchev–Trinajstić information content (AvgIpc) is 2.68. The minimum Gasteiger partial charge on any atom is -0.464 e. The van der Waals surface area contributed by atoms with Gasteiger partial charge in [-0.2, -0.15) is 13.2 Å². The monoisotopic (exact) mass is 275 g/mol. The van der Waals surface area contributed by atoms with Crippen molar-refractivity contribution in [3.63, 3.8) is 0 Å². The zero-order valence-electron chi connectivity index (χ0n) is 9.54. The molecule has 102 valence electrons. The number of carboxylic acid groups (broad SMARTS) is 1. The fourth-order valence-corrected chi connectivity index (χ4v) is 1.96. The Morgan fingerprint density at radius 1 is 1.32 bits per heavy atom. The normalized spacial score (nSPS) is 12.0. The molecular formula is C12H9F4NO2. The Kier molecular flexibility index (Phi) is 3.21. The molecule has 0 aliphatic carbocycles. The number of aryl methyl sites for hydroxylation is 1. The van der Waals surface area contributed by atoms with E-state index in [2.05, 4.69) is 0 Å². The Bertz CT molecular complexity index is 630. The van der Waals surface area contributed by atoms with Gasteiger partial charge in [-0.05, 0) is 30.2 Å². The molecule has 2 aromatic rings. The van der Waals surface area contributed by atoms with E-state index in [0.29, 0.717) is 0 Å². The number of rotatable bonds is 2. The Labute approximate surface area is 105 Å².